The van der Waals surface area contributed by atoms with Gasteiger partial charge in [-0.2, -0.15) is 5.21 Å². The minimum atomic E-state index is -0.210. The Hall–Kier alpha value is -3.29. The Bertz CT molecular complexity index is 899. The Labute approximate surface area is 137 Å². The van der Waals surface area contributed by atoms with Crippen LogP contribution >= 0.6 is 0 Å². The summed E-state index contributed by atoms with van der Waals surface area (Å²) >= 11 is 0. The molecule has 3 rings (SSSR count). The normalized spacial score (nSPS) is 10.6. The average molecular weight is 324 g/mol. The predicted molar refractivity (Wildman–Crippen MR) is 87.1 cm³/mol. The quantitative estimate of drug-likeness (QED) is 0.767. The Morgan fingerprint density at radius 3 is 2.62 bits per heavy atom. The minimum absolute atomic E-state index is 0.199. The molecule has 122 valence electrons. The molecule has 0 saturated carbocycles. The van der Waals surface area contributed by atoms with E-state index in [1.54, 1.807) is 31.3 Å². The number of tetrazole rings is 1. The number of nitrogens with one attached hydrogen (secondary N) is 1. The largest absolute Gasteiger partial charge is 0.337 e. The number of aromatic nitrogens is 5. The number of amides is 1. The summed E-state index contributed by atoms with van der Waals surface area (Å²) in [6.07, 6.45) is 1.59. The van der Waals surface area contributed by atoms with E-state index in [2.05, 4.69) is 20.6 Å². The zero-order chi connectivity index (χ0) is 17.1. The standard InChI is InChI=1S/C16H16N6O2/c1-21-8-7-13(9-14(21)23)16(24)22(2)10-11-3-5-12(6-4-11)15-17-19-20-18-15/h3-9H,10H2,1-2H3,(H,17,18,19,20). The molecule has 0 aliphatic rings. The van der Waals surface area contributed by atoms with Crippen LogP contribution in [0.3, 0.4) is 0 Å². The fourth-order valence-corrected chi connectivity index (χ4v) is 2.29. The first-order valence-corrected chi connectivity index (χ1v) is 7.29. The fourth-order valence-electron chi connectivity index (χ4n) is 2.29. The lowest BCUT2D eigenvalue weighted by Crippen LogP contribution is -2.28. The number of H-pyrrole nitrogens is 1. The highest BCUT2D eigenvalue weighted by molar-refractivity contribution is 5.93. The van der Waals surface area contributed by atoms with Gasteiger partial charge in [-0.3, -0.25) is 9.59 Å². The third-order valence-corrected chi connectivity index (χ3v) is 3.68. The van der Waals surface area contributed by atoms with Gasteiger partial charge < -0.3 is 9.47 Å². The summed E-state index contributed by atoms with van der Waals surface area (Å²) in [5, 5.41) is 13.8. The van der Waals surface area contributed by atoms with Gasteiger partial charge in [0.25, 0.3) is 11.5 Å². The van der Waals surface area contributed by atoms with Crippen molar-refractivity contribution in [3.05, 3.63) is 64.1 Å². The van der Waals surface area contributed by atoms with Crippen LogP contribution in [-0.2, 0) is 13.6 Å². The van der Waals surface area contributed by atoms with E-state index in [-0.39, 0.29) is 11.5 Å². The molecule has 0 spiro atoms. The van der Waals surface area contributed by atoms with Gasteiger partial charge in [0.2, 0.25) is 5.82 Å². The van der Waals surface area contributed by atoms with Crippen LogP contribution in [0.4, 0.5) is 0 Å². The Balaban J connectivity index is 1.72. The summed E-state index contributed by atoms with van der Waals surface area (Å²) in [7, 11) is 3.35. The van der Waals surface area contributed by atoms with Crippen LogP contribution in [0.5, 0.6) is 0 Å². The molecule has 1 aromatic carbocycles. The van der Waals surface area contributed by atoms with Crippen molar-refractivity contribution < 1.29 is 4.79 Å². The molecule has 2 aromatic heterocycles. The van der Waals surface area contributed by atoms with Gasteiger partial charge in [-0.15, -0.1) is 10.2 Å². The number of carbonyl (C=O) groups is 1. The number of carbonyl (C=O) groups excluding carboxylic acids is 1. The van der Waals surface area contributed by atoms with Crippen molar-refractivity contribution in [2.45, 2.75) is 6.54 Å². The van der Waals surface area contributed by atoms with E-state index in [0.29, 0.717) is 17.9 Å². The van der Waals surface area contributed by atoms with E-state index in [0.717, 1.165) is 11.1 Å². The SMILES string of the molecule is CN(Cc1ccc(-c2nn[nH]n2)cc1)C(=O)c1ccn(C)c(=O)c1. The second-order valence-corrected chi connectivity index (χ2v) is 5.46. The van der Waals surface area contributed by atoms with Crippen LogP contribution in [0.2, 0.25) is 0 Å². The van der Waals surface area contributed by atoms with Gasteiger partial charge in [0.1, 0.15) is 0 Å². The van der Waals surface area contributed by atoms with Crippen molar-refractivity contribution >= 4 is 5.91 Å². The molecule has 0 radical (unpaired) electrons. The van der Waals surface area contributed by atoms with Crippen molar-refractivity contribution in [1.82, 2.24) is 30.1 Å². The summed E-state index contributed by atoms with van der Waals surface area (Å²) in [5.74, 6) is 0.320. The maximum atomic E-state index is 12.4. The number of hydrogen-bond acceptors (Lipinski definition) is 5. The molecule has 2 heterocycles. The van der Waals surface area contributed by atoms with Crippen molar-refractivity contribution in [2.24, 2.45) is 7.05 Å². The zero-order valence-electron chi connectivity index (χ0n) is 13.3. The fraction of sp³-hybridized carbons (Fsp3) is 0.188. The van der Waals surface area contributed by atoms with Crippen LogP contribution in [0.25, 0.3) is 11.4 Å². The second kappa shape index (κ2) is 6.45. The zero-order valence-corrected chi connectivity index (χ0v) is 13.3. The van der Waals surface area contributed by atoms with Crippen LogP contribution < -0.4 is 5.56 Å². The lowest BCUT2D eigenvalue weighted by atomic mass is 10.1. The third kappa shape index (κ3) is 3.22. The molecule has 8 heteroatoms. The molecule has 3 aromatic rings. The smallest absolute Gasteiger partial charge is 0.254 e. The van der Waals surface area contributed by atoms with Gasteiger partial charge in [0.05, 0.1) is 0 Å². The van der Waals surface area contributed by atoms with Crippen LogP contribution in [0.1, 0.15) is 15.9 Å². The number of pyridine rings is 1. The molecule has 0 atom stereocenters. The highest BCUT2D eigenvalue weighted by atomic mass is 16.2. The molecule has 0 aliphatic heterocycles. The number of aromatic amines is 1. The number of nitrogens with zero attached hydrogens (tertiary/aromatic N) is 5. The summed E-state index contributed by atoms with van der Waals surface area (Å²) in [6.45, 7) is 0.431. The van der Waals surface area contributed by atoms with Crippen molar-refractivity contribution in [3.8, 4) is 11.4 Å². The average Bonchev–Trinajstić information content (AvgIpc) is 3.12. The van der Waals surface area contributed by atoms with Gasteiger partial charge in [0, 0.05) is 44.0 Å². The number of aryl methyl sites for hydroxylation is 1. The summed E-state index contributed by atoms with van der Waals surface area (Å²) in [5.41, 5.74) is 1.97. The first-order valence-electron chi connectivity index (χ1n) is 7.29. The van der Waals surface area contributed by atoms with Crippen molar-refractivity contribution in [1.29, 1.82) is 0 Å². The van der Waals surface area contributed by atoms with Gasteiger partial charge in [0.15, 0.2) is 0 Å². The molecule has 24 heavy (non-hydrogen) atoms. The van der Waals surface area contributed by atoms with Crippen molar-refractivity contribution in [2.75, 3.05) is 7.05 Å². The first-order chi connectivity index (χ1) is 11.5. The third-order valence-electron chi connectivity index (χ3n) is 3.68. The minimum Gasteiger partial charge on any atom is -0.337 e. The monoisotopic (exact) mass is 324 g/mol. The van der Waals surface area contributed by atoms with E-state index < -0.39 is 0 Å². The van der Waals surface area contributed by atoms with Gasteiger partial charge in [-0.1, -0.05) is 24.3 Å². The topological polar surface area (TPSA) is 96.8 Å². The molecule has 0 unspecified atom stereocenters. The van der Waals surface area contributed by atoms with E-state index in [1.807, 2.05) is 24.3 Å². The first kappa shape index (κ1) is 15.6. The van der Waals surface area contributed by atoms with Crippen LogP contribution in [-0.4, -0.2) is 43.0 Å². The Morgan fingerprint density at radius 2 is 2.00 bits per heavy atom. The van der Waals surface area contributed by atoms with E-state index >= 15 is 0 Å². The van der Waals surface area contributed by atoms with Gasteiger partial charge in [-0.25, -0.2) is 0 Å². The lowest BCUT2D eigenvalue weighted by Gasteiger charge is -2.17. The number of hydrogen-bond donors (Lipinski definition) is 1. The molecule has 0 saturated heterocycles. The van der Waals surface area contributed by atoms with E-state index in [1.165, 1.54) is 10.6 Å². The molecule has 0 bridgehead atoms. The highest BCUT2D eigenvalue weighted by Crippen LogP contribution is 2.15. The van der Waals surface area contributed by atoms with Gasteiger partial charge >= 0.3 is 0 Å². The predicted octanol–water partition coefficient (Wildman–Crippen LogP) is 0.838. The summed E-state index contributed by atoms with van der Waals surface area (Å²) < 4.78 is 1.42. The Morgan fingerprint density at radius 1 is 1.25 bits per heavy atom. The van der Waals surface area contributed by atoms with E-state index in [4.69, 9.17) is 0 Å². The molecule has 1 N–H and O–H groups in total. The highest BCUT2D eigenvalue weighted by Gasteiger charge is 2.13. The van der Waals surface area contributed by atoms with Gasteiger partial charge in [-0.05, 0) is 16.8 Å². The summed E-state index contributed by atoms with van der Waals surface area (Å²) in [6, 6.07) is 10.5. The lowest BCUT2D eigenvalue weighted by molar-refractivity contribution is 0.0785. The number of rotatable bonds is 4. The maximum absolute atomic E-state index is 12.4. The molecule has 1 amide bonds. The van der Waals surface area contributed by atoms with E-state index in [9.17, 15) is 9.59 Å². The summed E-state index contributed by atoms with van der Waals surface area (Å²) in [4.78, 5) is 25.6. The molecular weight excluding hydrogens is 308 g/mol. The van der Waals surface area contributed by atoms with Crippen LogP contribution in [0.15, 0.2) is 47.4 Å². The molecule has 0 fully saturated rings. The van der Waals surface area contributed by atoms with Crippen LogP contribution in [0, 0.1) is 0 Å². The van der Waals surface area contributed by atoms with Crippen molar-refractivity contribution in [3.63, 3.8) is 0 Å². The molecule has 8 nitrogen and oxygen atoms in total. The Kier molecular flexibility index (Phi) is 4.19. The number of benzene rings is 1. The molecule has 0 aliphatic carbocycles. The second-order valence-electron chi connectivity index (χ2n) is 5.46. The maximum Gasteiger partial charge on any atom is 0.254 e. The molecular formula is C16H16N6O2.